The quantitative estimate of drug-likeness (QED) is 0.765. The van der Waals surface area contributed by atoms with Crippen molar-refractivity contribution in [2.75, 3.05) is 13.1 Å². The predicted octanol–water partition coefficient (Wildman–Crippen LogP) is 3.44. The molecule has 1 heterocycles. The van der Waals surface area contributed by atoms with E-state index in [1.165, 1.54) is 51.4 Å². The van der Waals surface area contributed by atoms with Gasteiger partial charge >= 0.3 is 5.97 Å². The van der Waals surface area contributed by atoms with Gasteiger partial charge in [-0.15, -0.1) is 0 Å². The lowest BCUT2D eigenvalue weighted by molar-refractivity contribution is -0.147. The van der Waals surface area contributed by atoms with Crippen LogP contribution >= 0.6 is 0 Å². The van der Waals surface area contributed by atoms with Gasteiger partial charge in [-0.05, 0) is 37.8 Å². The summed E-state index contributed by atoms with van der Waals surface area (Å²) in [4.78, 5) is 11.6. The zero-order chi connectivity index (χ0) is 13.5. The first-order valence-electron chi connectivity index (χ1n) is 8.22. The molecule has 2 aliphatic rings. The number of nitrogens with one attached hydrogen (secondary N) is 1. The van der Waals surface area contributed by atoms with E-state index >= 15 is 0 Å². The van der Waals surface area contributed by atoms with Crippen LogP contribution < -0.4 is 5.32 Å². The average molecular weight is 267 g/mol. The van der Waals surface area contributed by atoms with Crippen molar-refractivity contribution in [2.24, 2.45) is 17.8 Å². The highest BCUT2D eigenvalue weighted by Gasteiger charge is 2.37. The fourth-order valence-electron chi connectivity index (χ4n) is 3.93. The first-order valence-corrected chi connectivity index (χ1v) is 8.22. The van der Waals surface area contributed by atoms with Crippen molar-refractivity contribution in [3.8, 4) is 0 Å². The standard InChI is InChI=1S/C16H29NO2/c18-16(19)15-13-9-7-5-3-1-2-4-6-8-10-14(15)12-17-11-13/h13-15,17H,1-12H2,(H,18,19)/t13-,14+,15?. The average Bonchev–Trinajstić information content (AvgIpc) is 2.40. The minimum absolute atomic E-state index is 0.0954. The van der Waals surface area contributed by atoms with Gasteiger partial charge in [0.05, 0.1) is 5.92 Å². The lowest BCUT2D eigenvalue weighted by atomic mass is 9.74. The maximum absolute atomic E-state index is 11.6. The number of carbonyl (C=O) groups is 1. The first-order chi connectivity index (χ1) is 9.29. The maximum Gasteiger partial charge on any atom is 0.307 e. The van der Waals surface area contributed by atoms with E-state index in [1.54, 1.807) is 0 Å². The van der Waals surface area contributed by atoms with Crippen molar-refractivity contribution >= 4 is 5.97 Å². The molecule has 2 fully saturated rings. The number of piperidine rings is 1. The van der Waals surface area contributed by atoms with Gasteiger partial charge in [-0.1, -0.05) is 51.4 Å². The highest BCUT2D eigenvalue weighted by molar-refractivity contribution is 5.71. The van der Waals surface area contributed by atoms with Crippen LogP contribution in [0.15, 0.2) is 0 Å². The molecular formula is C16H29NO2. The van der Waals surface area contributed by atoms with Crippen molar-refractivity contribution in [2.45, 2.75) is 64.2 Å². The molecule has 0 aromatic carbocycles. The Bertz CT molecular complexity index is 260. The molecule has 3 nitrogen and oxygen atoms in total. The monoisotopic (exact) mass is 267 g/mol. The molecule has 0 aromatic rings. The number of fused-ring (bicyclic) bond motifs is 2. The van der Waals surface area contributed by atoms with E-state index in [1.807, 2.05) is 0 Å². The molecule has 3 atom stereocenters. The normalized spacial score (nSPS) is 34.6. The largest absolute Gasteiger partial charge is 0.481 e. The summed E-state index contributed by atoms with van der Waals surface area (Å²) in [5, 5.41) is 13.1. The smallest absolute Gasteiger partial charge is 0.307 e. The highest BCUT2D eigenvalue weighted by Crippen LogP contribution is 2.33. The second-order valence-corrected chi connectivity index (χ2v) is 6.45. The van der Waals surface area contributed by atoms with E-state index in [2.05, 4.69) is 5.32 Å². The SMILES string of the molecule is O=C(O)C1[C@@H]2CCCCCCCCCC[C@H]1CNC2. The van der Waals surface area contributed by atoms with Gasteiger partial charge in [-0.2, -0.15) is 0 Å². The summed E-state index contributed by atoms with van der Waals surface area (Å²) < 4.78 is 0. The maximum atomic E-state index is 11.6. The fourth-order valence-corrected chi connectivity index (χ4v) is 3.93. The first kappa shape index (κ1) is 14.8. The van der Waals surface area contributed by atoms with Gasteiger partial charge in [-0.3, -0.25) is 4.79 Å². The summed E-state index contributed by atoms with van der Waals surface area (Å²) in [5.41, 5.74) is 0. The molecule has 110 valence electrons. The second-order valence-electron chi connectivity index (χ2n) is 6.45. The van der Waals surface area contributed by atoms with Gasteiger partial charge in [0.15, 0.2) is 0 Å². The van der Waals surface area contributed by atoms with Gasteiger partial charge in [0.1, 0.15) is 0 Å². The van der Waals surface area contributed by atoms with Crippen LogP contribution in [0.3, 0.4) is 0 Å². The third-order valence-electron chi connectivity index (χ3n) is 5.01. The molecule has 1 saturated heterocycles. The number of carboxylic acid groups (broad SMARTS) is 1. The van der Waals surface area contributed by atoms with Gasteiger partial charge in [-0.25, -0.2) is 0 Å². The van der Waals surface area contributed by atoms with E-state index in [9.17, 15) is 9.90 Å². The number of hydrogen-bond acceptors (Lipinski definition) is 2. The van der Waals surface area contributed by atoms with E-state index < -0.39 is 5.97 Å². The van der Waals surface area contributed by atoms with Crippen LogP contribution in [0.4, 0.5) is 0 Å². The molecule has 0 spiro atoms. The summed E-state index contributed by atoms with van der Waals surface area (Å²) in [6.07, 6.45) is 12.6. The zero-order valence-corrected chi connectivity index (χ0v) is 12.1. The number of hydrogen-bond donors (Lipinski definition) is 2. The Balaban J connectivity index is 1.99. The summed E-state index contributed by atoms with van der Waals surface area (Å²) >= 11 is 0. The summed E-state index contributed by atoms with van der Waals surface area (Å²) in [6, 6.07) is 0. The van der Waals surface area contributed by atoms with Gasteiger partial charge in [0, 0.05) is 0 Å². The van der Waals surface area contributed by atoms with Gasteiger partial charge in [0.25, 0.3) is 0 Å². The molecule has 2 rings (SSSR count). The Kier molecular flexibility index (Phi) is 6.15. The van der Waals surface area contributed by atoms with E-state index in [-0.39, 0.29) is 5.92 Å². The highest BCUT2D eigenvalue weighted by atomic mass is 16.4. The van der Waals surface area contributed by atoms with E-state index in [4.69, 9.17) is 0 Å². The van der Waals surface area contributed by atoms with Crippen molar-refractivity contribution in [1.82, 2.24) is 5.32 Å². The molecule has 1 unspecified atom stereocenters. The molecule has 1 aliphatic carbocycles. The van der Waals surface area contributed by atoms with E-state index in [0.717, 1.165) is 25.9 Å². The number of carboxylic acids is 1. The molecule has 1 aliphatic heterocycles. The van der Waals surface area contributed by atoms with Crippen LogP contribution in [0.5, 0.6) is 0 Å². The van der Waals surface area contributed by atoms with Crippen LogP contribution in [-0.2, 0) is 4.79 Å². The predicted molar refractivity (Wildman–Crippen MR) is 77.1 cm³/mol. The van der Waals surface area contributed by atoms with E-state index in [0.29, 0.717) is 11.8 Å². The summed E-state index contributed by atoms with van der Waals surface area (Å²) in [6.45, 7) is 1.82. The minimum atomic E-state index is -0.550. The Labute approximate surface area is 117 Å². The lowest BCUT2D eigenvalue weighted by Gasteiger charge is -2.36. The number of rotatable bonds is 1. The lowest BCUT2D eigenvalue weighted by Crippen LogP contribution is -2.46. The van der Waals surface area contributed by atoms with Crippen molar-refractivity contribution in [3.05, 3.63) is 0 Å². The Morgan fingerprint density at radius 3 is 1.63 bits per heavy atom. The van der Waals surface area contributed by atoms with Crippen molar-refractivity contribution in [3.63, 3.8) is 0 Å². The number of aliphatic carboxylic acids is 1. The van der Waals surface area contributed by atoms with Gasteiger partial charge in [0.2, 0.25) is 0 Å². The minimum Gasteiger partial charge on any atom is -0.481 e. The Morgan fingerprint density at radius 1 is 0.789 bits per heavy atom. The van der Waals surface area contributed by atoms with Crippen molar-refractivity contribution in [1.29, 1.82) is 0 Å². The van der Waals surface area contributed by atoms with Gasteiger partial charge < -0.3 is 10.4 Å². The zero-order valence-electron chi connectivity index (χ0n) is 12.1. The topological polar surface area (TPSA) is 49.3 Å². The van der Waals surface area contributed by atoms with Crippen LogP contribution in [0.25, 0.3) is 0 Å². The molecule has 0 aromatic heterocycles. The molecule has 1 saturated carbocycles. The molecular weight excluding hydrogens is 238 g/mol. The molecule has 2 bridgehead atoms. The third-order valence-corrected chi connectivity index (χ3v) is 5.01. The molecule has 19 heavy (non-hydrogen) atoms. The van der Waals surface area contributed by atoms with Crippen LogP contribution in [0.2, 0.25) is 0 Å². The molecule has 0 amide bonds. The Hall–Kier alpha value is -0.570. The fraction of sp³-hybridized carbons (Fsp3) is 0.938. The third kappa shape index (κ3) is 4.48. The van der Waals surface area contributed by atoms with Crippen LogP contribution in [-0.4, -0.2) is 24.2 Å². The summed E-state index contributed by atoms with van der Waals surface area (Å²) in [7, 11) is 0. The van der Waals surface area contributed by atoms with Crippen LogP contribution in [0.1, 0.15) is 64.2 Å². The molecule has 3 heteroatoms. The molecule has 2 N–H and O–H groups in total. The van der Waals surface area contributed by atoms with Crippen LogP contribution in [0, 0.1) is 17.8 Å². The summed E-state index contributed by atoms with van der Waals surface area (Å²) in [5.74, 6) is 0.0716. The Morgan fingerprint density at radius 2 is 1.21 bits per heavy atom. The second kappa shape index (κ2) is 7.88. The van der Waals surface area contributed by atoms with Crippen molar-refractivity contribution < 1.29 is 9.90 Å². The molecule has 0 radical (unpaired) electrons.